The molecule has 8 nitrogen and oxygen atoms in total. The zero-order valence-electron chi connectivity index (χ0n) is 16.7. The lowest BCUT2D eigenvalue weighted by molar-refractivity contribution is -0.669. The molecule has 0 aliphatic carbocycles. The van der Waals surface area contributed by atoms with Gasteiger partial charge in [-0.25, -0.2) is 4.79 Å². The Hall–Kier alpha value is -3.65. The maximum atomic E-state index is 11.7. The Morgan fingerprint density at radius 3 is 2.50 bits per heavy atom. The van der Waals surface area contributed by atoms with Crippen molar-refractivity contribution in [2.75, 3.05) is 25.0 Å². The molecule has 2 aromatic carbocycles. The van der Waals surface area contributed by atoms with Crippen LogP contribution in [0.4, 0.5) is 11.4 Å². The van der Waals surface area contributed by atoms with Crippen molar-refractivity contribution in [1.29, 1.82) is 0 Å². The molecule has 3 rings (SSSR count). The van der Waals surface area contributed by atoms with Crippen LogP contribution in [0.3, 0.4) is 0 Å². The molecule has 0 unspecified atom stereocenters. The first-order chi connectivity index (χ1) is 14.6. The van der Waals surface area contributed by atoms with Crippen LogP contribution in [0.5, 0.6) is 0 Å². The number of carbonyl (C=O) groups is 1. The van der Waals surface area contributed by atoms with Crippen LogP contribution in [0.1, 0.15) is 23.0 Å². The van der Waals surface area contributed by atoms with Gasteiger partial charge in [-0.1, -0.05) is 12.1 Å². The smallest absolute Gasteiger partial charge is 0.338 e. The van der Waals surface area contributed by atoms with E-state index in [0.717, 1.165) is 35.9 Å². The summed E-state index contributed by atoms with van der Waals surface area (Å²) in [5.41, 5.74) is 2.34. The second kappa shape index (κ2) is 10.2. The fourth-order valence-electron chi connectivity index (χ4n) is 2.89. The monoisotopic (exact) mass is 410 g/mol. The summed E-state index contributed by atoms with van der Waals surface area (Å²) in [5.74, 6) is 1.27. The lowest BCUT2D eigenvalue weighted by Gasteiger charge is -2.05. The number of nitrogens with one attached hydrogen (secondary N) is 1. The Kier molecular flexibility index (Phi) is 7.18. The Bertz CT molecular complexity index is 981. The number of non-ortho nitro benzene ring substituents is 1. The third kappa shape index (κ3) is 5.68. The quantitative estimate of drug-likeness (QED) is 0.230. The minimum atomic E-state index is -0.413. The highest BCUT2D eigenvalue weighted by atomic mass is 16.6. The van der Waals surface area contributed by atoms with E-state index in [0.29, 0.717) is 18.7 Å². The summed E-state index contributed by atoms with van der Waals surface area (Å²) in [6.07, 6.45) is 0. The molecule has 0 saturated carbocycles. The average Bonchev–Trinajstić information content (AvgIpc) is 3.23. The number of quaternary nitrogens is 1. The Morgan fingerprint density at radius 1 is 1.10 bits per heavy atom. The summed E-state index contributed by atoms with van der Waals surface area (Å²) in [6, 6.07) is 17.3. The minimum absolute atomic E-state index is 0.0799. The molecule has 30 heavy (non-hydrogen) atoms. The number of furan rings is 1. The summed E-state index contributed by atoms with van der Waals surface area (Å²) >= 11 is 0. The number of benzene rings is 2. The maximum absolute atomic E-state index is 11.7. The largest absolute Gasteiger partial charge is 0.462 e. The van der Waals surface area contributed by atoms with Crippen LogP contribution in [0.2, 0.25) is 0 Å². The number of nitrogens with zero attached hydrogens (tertiary/aromatic N) is 1. The van der Waals surface area contributed by atoms with Crippen LogP contribution in [0.15, 0.2) is 65.1 Å². The SMILES string of the molecule is CCOC(=O)c1ccc(-c2ccc(C[NH2+]CCNc3ccc([N+](=O)[O-])cc3)o2)cc1. The molecule has 0 atom stereocenters. The molecule has 156 valence electrons. The molecular formula is C22H24N3O5+. The third-order valence-electron chi connectivity index (χ3n) is 4.44. The van der Waals surface area contributed by atoms with Crippen molar-refractivity contribution in [2.24, 2.45) is 0 Å². The van der Waals surface area contributed by atoms with Gasteiger partial charge in [-0.15, -0.1) is 0 Å². The first-order valence-electron chi connectivity index (χ1n) is 9.73. The molecule has 0 amide bonds. The van der Waals surface area contributed by atoms with Gasteiger partial charge in [-0.3, -0.25) is 10.1 Å². The summed E-state index contributed by atoms with van der Waals surface area (Å²) in [6.45, 7) is 4.37. The minimum Gasteiger partial charge on any atom is -0.462 e. The van der Waals surface area contributed by atoms with Gasteiger partial charge in [0.25, 0.3) is 5.69 Å². The van der Waals surface area contributed by atoms with Crippen molar-refractivity contribution in [1.82, 2.24) is 0 Å². The molecular weight excluding hydrogens is 386 g/mol. The van der Waals surface area contributed by atoms with Crippen molar-refractivity contribution in [3.8, 4) is 11.3 Å². The first-order valence-corrected chi connectivity index (χ1v) is 9.73. The number of hydrogen-bond acceptors (Lipinski definition) is 6. The van der Waals surface area contributed by atoms with E-state index < -0.39 is 4.92 Å². The molecule has 0 aliphatic rings. The fraction of sp³-hybridized carbons (Fsp3) is 0.227. The van der Waals surface area contributed by atoms with E-state index in [9.17, 15) is 14.9 Å². The van der Waals surface area contributed by atoms with Gasteiger partial charge in [0.15, 0.2) is 5.76 Å². The standard InChI is InChI=1S/C22H23N3O5/c1-2-29-22(26)17-5-3-16(4-6-17)21-12-11-20(30-21)15-23-13-14-24-18-7-9-19(10-8-18)25(27)28/h3-12,23-24H,2,13-15H2,1H3/p+1. The number of esters is 1. The summed E-state index contributed by atoms with van der Waals surface area (Å²) in [5, 5.41) is 16.0. The predicted molar refractivity (Wildman–Crippen MR) is 112 cm³/mol. The van der Waals surface area contributed by atoms with Crippen molar-refractivity contribution >= 4 is 17.3 Å². The predicted octanol–water partition coefficient (Wildman–Crippen LogP) is 3.21. The van der Waals surface area contributed by atoms with E-state index in [1.54, 1.807) is 31.2 Å². The highest BCUT2D eigenvalue weighted by Crippen LogP contribution is 2.22. The van der Waals surface area contributed by atoms with E-state index in [1.165, 1.54) is 12.1 Å². The maximum Gasteiger partial charge on any atom is 0.338 e. The number of anilines is 1. The molecule has 3 N–H and O–H groups in total. The molecule has 1 aromatic heterocycles. The summed E-state index contributed by atoms with van der Waals surface area (Å²) < 4.78 is 10.9. The molecule has 1 heterocycles. The second-order valence-electron chi connectivity index (χ2n) is 6.58. The van der Waals surface area contributed by atoms with Crippen LogP contribution in [-0.2, 0) is 11.3 Å². The lowest BCUT2D eigenvalue weighted by atomic mass is 10.1. The lowest BCUT2D eigenvalue weighted by Crippen LogP contribution is -2.83. The molecule has 0 bridgehead atoms. The summed E-state index contributed by atoms with van der Waals surface area (Å²) in [4.78, 5) is 22.0. The van der Waals surface area contributed by atoms with E-state index >= 15 is 0 Å². The van der Waals surface area contributed by atoms with E-state index in [1.807, 2.05) is 24.3 Å². The number of ether oxygens (including phenoxy) is 1. The average molecular weight is 410 g/mol. The number of nitro benzene ring substituents is 1. The third-order valence-corrected chi connectivity index (χ3v) is 4.44. The van der Waals surface area contributed by atoms with Crippen LogP contribution in [0, 0.1) is 10.1 Å². The number of rotatable bonds is 10. The van der Waals surface area contributed by atoms with Crippen molar-refractivity contribution < 1.29 is 24.2 Å². The van der Waals surface area contributed by atoms with Gasteiger partial charge >= 0.3 is 5.97 Å². The number of nitrogens with two attached hydrogens (primary N) is 1. The Balaban J connectivity index is 1.43. The van der Waals surface area contributed by atoms with Gasteiger partial charge in [-0.05, 0) is 43.3 Å². The van der Waals surface area contributed by atoms with Gasteiger partial charge < -0.3 is 19.8 Å². The normalized spacial score (nSPS) is 10.6. The molecule has 0 radical (unpaired) electrons. The molecule has 0 saturated heterocycles. The van der Waals surface area contributed by atoms with Gasteiger partial charge in [0.1, 0.15) is 12.3 Å². The molecule has 0 fully saturated rings. The number of nitro groups is 1. The Morgan fingerprint density at radius 2 is 1.83 bits per heavy atom. The molecule has 0 spiro atoms. The van der Waals surface area contributed by atoms with Crippen LogP contribution < -0.4 is 10.6 Å². The topological polar surface area (TPSA) is 111 Å². The second-order valence-corrected chi connectivity index (χ2v) is 6.58. The van der Waals surface area contributed by atoms with Crippen LogP contribution in [0.25, 0.3) is 11.3 Å². The van der Waals surface area contributed by atoms with E-state index in [4.69, 9.17) is 9.15 Å². The van der Waals surface area contributed by atoms with Crippen LogP contribution >= 0.6 is 0 Å². The highest BCUT2D eigenvalue weighted by Gasteiger charge is 2.09. The zero-order chi connectivity index (χ0) is 21.3. The van der Waals surface area contributed by atoms with Gasteiger partial charge in [0.05, 0.1) is 30.2 Å². The zero-order valence-corrected chi connectivity index (χ0v) is 16.7. The highest BCUT2D eigenvalue weighted by molar-refractivity contribution is 5.89. The van der Waals surface area contributed by atoms with Crippen LogP contribution in [-0.4, -0.2) is 30.6 Å². The summed E-state index contributed by atoms with van der Waals surface area (Å²) in [7, 11) is 0. The van der Waals surface area contributed by atoms with Crippen molar-refractivity contribution in [3.63, 3.8) is 0 Å². The fourth-order valence-corrected chi connectivity index (χ4v) is 2.89. The number of hydrogen-bond donors (Lipinski definition) is 2. The van der Waals surface area contributed by atoms with E-state index in [2.05, 4.69) is 10.6 Å². The molecule has 0 aliphatic heterocycles. The van der Waals surface area contributed by atoms with Crippen molar-refractivity contribution in [3.05, 3.63) is 82.1 Å². The van der Waals surface area contributed by atoms with Crippen molar-refractivity contribution in [2.45, 2.75) is 13.5 Å². The van der Waals surface area contributed by atoms with Gasteiger partial charge in [0.2, 0.25) is 0 Å². The molecule has 8 heteroatoms. The van der Waals surface area contributed by atoms with E-state index in [-0.39, 0.29) is 11.7 Å². The number of carbonyl (C=O) groups excluding carboxylic acids is 1. The first kappa shape index (κ1) is 21.1. The molecule has 3 aromatic rings. The van der Waals surface area contributed by atoms with Gasteiger partial charge in [0, 0.05) is 23.4 Å². The van der Waals surface area contributed by atoms with Gasteiger partial charge in [-0.2, -0.15) is 0 Å². The Labute approximate surface area is 174 Å².